The number of aromatic nitrogens is 4. The molecule has 0 saturated carbocycles. The summed E-state index contributed by atoms with van der Waals surface area (Å²) in [4.78, 5) is 30.9. The first-order chi connectivity index (χ1) is 9.65. The van der Waals surface area contributed by atoms with Crippen LogP contribution in [0.1, 0.15) is 11.7 Å². The zero-order valence-electron chi connectivity index (χ0n) is 10.8. The molecule has 0 saturated heterocycles. The lowest BCUT2D eigenvalue weighted by atomic mass is 10.2. The average molecular weight is 272 g/mol. The normalized spacial score (nSPS) is 11.1. The van der Waals surface area contributed by atoms with Gasteiger partial charge in [-0.25, -0.2) is 4.79 Å². The van der Waals surface area contributed by atoms with Crippen LogP contribution < -0.4 is 11.2 Å². The highest BCUT2D eigenvalue weighted by molar-refractivity contribution is 5.76. The minimum absolute atomic E-state index is 0.195. The van der Waals surface area contributed by atoms with Gasteiger partial charge in [-0.2, -0.15) is 4.98 Å². The van der Waals surface area contributed by atoms with Crippen molar-refractivity contribution in [2.45, 2.75) is 19.9 Å². The van der Waals surface area contributed by atoms with Crippen molar-refractivity contribution in [2.24, 2.45) is 0 Å². The Hall–Kier alpha value is -2.70. The number of H-pyrrole nitrogens is 1. The van der Waals surface area contributed by atoms with E-state index in [0.717, 1.165) is 4.57 Å². The van der Waals surface area contributed by atoms with Gasteiger partial charge in [0, 0.05) is 13.0 Å². The highest BCUT2D eigenvalue weighted by Crippen LogP contribution is 2.03. The summed E-state index contributed by atoms with van der Waals surface area (Å²) < 4.78 is 6.11. The van der Waals surface area contributed by atoms with Crippen molar-refractivity contribution in [2.75, 3.05) is 0 Å². The Balaban J connectivity index is 1.99. The molecule has 0 aliphatic heterocycles. The van der Waals surface area contributed by atoms with Gasteiger partial charge in [0.1, 0.15) is 0 Å². The quantitative estimate of drug-likeness (QED) is 0.754. The molecule has 0 fully saturated rings. The minimum Gasteiger partial charge on any atom is -0.339 e. The fraction of sp³-hybridized carbons (Fsp3) is 0.231. The van der Waals surface area contributed by atoms with Gasteiger partial charge >= 0.3 is 5.69 Å². The van der Waals surface area contributed by atoms with Crippen LogP contribution in [0.2, 0.25) is 0 Å². The molecule has 0 bridgehead atoms. The summed E-state index contributed by atoms with van der Waals surface area (Å²) in [6.07, 6.45) is 0.335. The monoisotopic (exact) mass is 272 g/mol. The summed E-state index contributed by atoms with van der Waals surface area (Å²) in [7, 11) is 0. The van der Waals surface area contributed by atoms with Crippen LogP contribution in [0.15, 0.2) is 38.4 Å². The van der Waals surface area contributed by atoms with Gasteiger partial charge in [0.15, 0.2) is 5.82 Å². The second kappa shape index (κ2) is 4.76. The van der Waals surface area contributed by atoms with Crippen LogP contribution in [-0.2, 0) is 13.0 Å². The molecule has 20 heavy (non-hydrogen) atoms. The Morgan fingerprint density at radius 2 is 2.10 bits per heavy atom. The number of rotatable bonds is 3. The van der Waals surface area contributed by atoms with Gasteiger partial charge in [-0.15, -0.1) is 0 Å². The van der Waals surface area contributed by atoms with Gasteiger partial charge in [-0.05, 0) is 19.1 Å². The smallest absolute Gasteiger partial charge is 0.328 e. The van der Waals surface area contributed by atoms with E-state index < -0.39 is 5.69 Å². The molecule has 7 heteroatoms. The van der Waals surface area contributed by atoms with Crippen molar-refractivity contribution in [3.63, 3.8) is 0 Å². The second-order valence-corrected chi connectivity index (χ2v) is 4.42. The summed E-state index contributed by atoms with van der Waals surface area (Å²) >= 11 is 0. The minimum atomic E-state index is -0.440. The SMILES string of the molecule is Cc1noc(CCn2c(=O)[nH]c3ccccc3c2=O)n1. The van der Waals surface area contributed by atoms with Crippen molar-refractivity contribution in [1.29, 1.82) is 0 Å². The topological polar surface area (TPSA) is 93.8 Å². The molecule has 0 aliphatic carbocycles. The Morgan fingerprint density at radius 1 is 1.30 bits per heavy atom. The predicted octanol–water partition coefficient (Wildman–Crippen LogP) is 0.624. The number of nitrogens with one attached hydrogen (secondary N) is 1. The fourth-order valence-electron chi connectivity index (χ4n) is 2.05. The van der Waals surface area contributed by atoms with Gasteiger partial charge < -0.3 is 9.51 Å². The van der Waals surface area contributed by atoms with Gasteiger partial charge in [-0.1, -0.05) is 17.3 Å². The molecular weight excluding hydrogens is 260 g/mol. The maximum Gasteiger partial charge on any atom is 0.328 e. The third-order valence-electron chi connectivity index (χ3n) is 3.01. The molecule has 0 atom stereocenters. The zero-order chi connectivity index (χ0) is 14.1. The second-order valence-electron chi connectivity index (χ2n) is 4.42. The standard InChI is InChI=1S/C13H12N4O3/c1-8-14-11(20-16-8)6-7-17-12(18)9-4-2-3-5-10(9)15-13(17)19/h2-5H,6-7H2,1H3,(H,15,19). The number of hydrogen-bond donors (Lipinski definition) is 1. The van der Waals surface area contributed by atoms with E-state index in [1.54, 1.807) is 31.2 Å². The van der Waals surface area contributed by atoms with Crippen LogP contribution in [-0.4, -0.2) is 19.7 Å². The van der Waals surface area contributed by atoms with Crippen LogP contribution >= 0.6 is 0 Å². The van der Waals surface area contributed by atoms with Crippen LogP contribution in [0.4, 0.5) is 0 Å². The molecule has 0 radical (unpaired) electrons. The summed E-state index contributed by atoms with van der Waals surface area (Å²) in [6.45, 7) is 1.91. The number of benzene rings is 1. The van der Waals surface area contributed by atoms with Crippen LogP contribution in [0.25, 0.3) is 10.9 Å². The maximum atomic E-state index is 12.3. The molecule has 7 nitrogen and oxygen atoms in total. The Bertz CT molecular complexity index is 875. The van der Waals surface area contributed by atoms with Crippen molar-refractivity contribution >= 4 is 10.9 Å². The molecule has 3 rings (SSSR count). The summed E-state index contributed by atoms with van der Waals surface area (Å²) in [5.41, 5.74) is -0.224. The Morgan fingerprint density at radius 3 is 2.85 bits per heavy atom. The Labute approximate surface area is 112 Å². The van der Waals surface area contributed by atoms with E-state index in [-0.39, 0.29) is 12.1 Å². The van der Waals surface area contributed by atoms with E-state index in [9.17, 15) is 9.59 Å². The number of para-hydroxylation sites is 1. The highest BCUT2D eigenvalue weighted by Gasteiger charge is 2.09. The van der Waals surface area contributed by atoms with E-state index in [2.05, 4.69) is 15.1 Å². The number of fused-ring (bicyclic) bond motifs is 1. The van der Waals surface area contributed by atoms with Gasteiger partial charge in [0.25, 0.3) is 5.56 Å². The van der Waals surface area contributed by atoms with Gasteiger partial charge in [0.2, 0.25) is 5.89 Å². The van der Waals surface area contributed by atoms with E-state index in [4.69, 9.17) is 4.52 Å². The molecular formula is C13H12N4O3. The van der Waals surface area contributed by atoms with E-state index >= 15 is 0 Å². The van der Waals surface area contributed by atoms with E-state index in [0.29, 0.717) is 29.0 Å². The van der Waals surface area contributed by atoms with Crippen molar-refractivity contribution in [3.8, 4) is 0 Å². The largest absolute Gasteiger partial charge is 0.339 e. The molecule has 1 aromatic carbocycles. The first kappa shape index (κ1) is 12.3. The number of aryl methyl sites for hydroxylation is 2. The maximum absolute atomic E-state index is 12.3. The molecule has 0 unspecified atom stereocenters. The lowest BCUT2D eigenvalue weighted by molar-refractivity contribution is 0.367. The highest BCUT2D eigenvalue weighted by atomic mass is 16.5. The first-order valence-electron chi connectivity index (χ1n) is 6.16. The molecule has 1 N–H and O–H groups in total. The van der Waals surface area contributed by atoms with Crippen LogP contribution in [0.5, 0.6) is 0 Å². The lowest BCUT2D eigenvalue weighted by Crippen LogP contribution is -2.35. The molecule has 2 heterocycles. The fourth-order valence-corrected chi connectivity index (χ4v) is 2.05. The first-order valence-corrected chi connectivity index (χ1v) is 6.16. The third-order valence-corrected chi connectivity index (χ3v) is 3.01. The molecule has 102 valence electrons. The van der Waals surface area contributed by atoms with Crippen LogP contribution in [0.3, 0.4) is 0 Å². The molecule has 0 amide bonds. The molecule has 3 aromatic rings. The number of aromatic amines is 1. The lowest BCUT2D eigenvalue weighted by Gasteiger charge is -2.04. The van der Waals surface area contributed by atoms with Crippen molar-refractivity contribution in [3.05, 3.63) is 56.8 Å². The number of hydrogen-bond acceptors (Lipinski definition) is 5. The van der Waals surface area contributed by atoms with Crippen molar-refractivity contribution in [1.82, 2.24) is 19.7 Å². The predicted molar refractivity (Wildman–Crippen MR) is 71.6 cm³/mol. The average Bonchev–Trinajstić information content (AvgIpc) is 2.84. The van der Waals surface area contributed by atoms with Crippen molar-refractivity contribution < 1.29 is 4.52 Å². The van der Waals surface area contributed by atoms with E-state index in [1.807, 2.05) is 0 Å². The molecule has 0 spiro atoms. The zero-order valence-corrected chi connectivity index (χ0v) is 10.8. The van der Waals surface area contributed by atoms with Crippen LogP contribution in [0, 0.1) is 6.92 Å². The summed E-state index contributed by atoms with van der Waals surface area (Å²) in [5, 5.41) is 4.14. The molecule has 2 aromatic heterocycles. The van der Waals surface area contributed by atoms with Gasteiger partial charge in [-0.3, -0.25) is 9.36 Å². The molecule has 0 aliphatic rings. The van der Waals surface area contributed by atoms with E-state index in [1.165, 1.54) is 0 Å². The van der Waals surface area contributed by atoms with Gasteiger partial charge in [0.05, 0.1) is 10.9 Å². The number of nitrogens with zero attached hydrogens (tertiary/aromatic N) is 3. The third kappa shape index (κ3) is 2.13. The summed E-state index contributed by atoms with van der Waals surface area (Å²) in [6, 6.07) is 6.90. The Kier molecular flexibility index (Phi) is 2.94. The summed E-state index contributed by atoms with van der Waals surface area (Å²) in [5.74, 6) is 0.932.